The van der Waals surface area contributed by atoms with Crippen molar-refractivity contribution in [2.24, 2.45) is 7.05 Å². The number of nitrogens with zero attached hydrogens (tertiary/aromatic N) is 6. The summed E-state index contributed by atoms with van der Waals surface area (Å²) in [5.74, 6) is 0.625. The fraction of sp³-hybridized carbons (Fsp3) is 0.304. The van der Waals surface area contributed by atoms with Crippen LogP contribution in [0.5, 0.6) is 0 Å². The molecule has 1 saturated heterocycles. The molecule has 0 bridgehead atoms. The number of fused-ring (bicyclic) bond motifs is 1. The molecule has 31 heavy (non-hydrogen) atoms. The highest BCUT2D eigenvalue weighted by atomic mass is 19.1. The first-order valence-electron chi connectivity index (χ1n) is 10.5. The molecule has 0 saturated carbocycles. The standard InChI is InChI=1S/C23H24FN7/c1-30-21(8-11-27-30)22-19-4-2-3-5-20(19)23(29-28-22)31-12-9-17(10-13-31)26-15-18-7-6-16(24)14-25-18/h2-8,11,14,17,26H,9-10,12-13,15H2,1H3. The molecule has 4 aromatic rings. The van der Waals surface area contributed by atoms with Crippen LogP contribution in [0.4, 0.5) is 10.2 Å². The maximum Gasteiger partial charge on any atom is 0.159 e. The number of halogens is 1. The Kier molecular flexibility index (Phi) is 5.30. The Hall–Kier alpha value is -3.39. The molecule has 1 aromatic carbocycles. The SMILES string of the molecule is Cn1nccc1-c1nnc(N2CCC(NCc3ccc(F)cn3)CC2)c2ccccc12. The van der Waals surface area contributed by atoms with Crippen molar-refractivity contribution in [2.45, 2.75) is 25.4 Å². The summed E-state index contributed by atoms with van der Waals surface area (Å²) in [6.07, 6.45) is 5.04. The van der Waals surface area contributed by atoms with Gasteiger partial charge < -0.3 is 10.2 Å². The summed E-state index contributed by atoms with van der Waals surface area (Å²) in [4.78, 5) is 6.44. The molecule has 3 aromatic heterocycles. The lowest BCUT2D eigenvalue weighted by Crippen LogP contribution is -2.42. The topological polar surface area (TPSA) is 71.8 Å². The third-order valence-corrected chi connectivity index (χ3v) is 5.89. The van der Waals surface area contributed by atoms with Crippen molar-refractivity contribution >= 4 is 16.6 Å². The summed E-state index contributed by atoms with van der Waals surface area (Å²) in [6, 6.07) is 13.8. The summed E-state index contributed by atoms with van der Waals surface area (Å²) in [6.45, 7) is 2.45. The van der Waals surface area contributed by atoms with Gasteiger partial charge in [0.15, 0.2) is 5.82 Å². The number of aromatic nitrogens is 5. The van der Waals surface area contributed by atoms with E-state index in [9.17, 15) is 4.39 Å². The largest absolute Gasteiger partial charge is 0.354 e. The molecule has 5 rings (SSSR count). The first kappa shape index (κ1) is 19.6. The normalized spacial score (nSPS) is 15.0. The van der Waals surface area contributed by atoms with Gasteiger partial charge >= 0.3 is 0 Å². The predicted octanol–water partition coefficient (Wildman–Crippen LogP) is 3.32. The Labute approximate surface area is 179 Å². The maximum atomic E-state index is 13.0. The minimum absolute atomic E-state index is 0.306. The summed E-state index contributed by atoms with van der Waals surface area (Å²) in [7, 11) is 1.92. The number of hydrogen-bond acceptors (Lipinski definition) is 6. The number of rotatable bonds is 5. The van der Waals surface area contributed by atoms with Gasteiger partial charge in [-0.1, -0.05) is 24.3 Å². The van der Waals surface area contributed by atoms with Crippen LogP contribution in [0.1, 0.15) is 18.5 Å². The molecule has 0 radical (unpaired) electrons. The van der Waals surface area contributed by atoms with Gasteiger partial charge in [-0.15, -0.1) is 10.2 Å². The highest BCUT2D eigenvalue weighted by Gasteiger charge is 2.23. The van der Waals surface area contributed by atoms with Crippen molar-refractivity contribution in [2.75, 3.05) is 18.0 Å². The lowest BCUT2D eigenvalue weighted by molar-refractivity contribution is 0.410. The maximum absolute atomic E-state index is 13.0. The summed E-state index contributed by atoms with van der Waals surface area (Å²) >= 11 is 0. The van der Waals surface area contributed by atoms with Gasteiger partial charge in [0.2, 0.25) is 0 Å². The number of nitrogens with one attached hydrogen (secondary N) is 1. The van der Waals surface area contributed by atoms with Gasteiger partial charge in [0.1, 0.15) is 11.5 Å². The van der Waals surface area contributed by atoms with Crippen LogP contribution in [0.3, 0.4) is 0 Å². The molecule has 0 atom stereocenters. The highest BCUT2D eigenvalue weighted by Crippen LogP contribution is 2.32. The Morgan fingerprint density at radius 1 is 1.03 bits per heavy atom. The zero-order chi connectivity index (χ0) is 21.2. The Morgan fingerprint density at radius 2 is 1.84 bits per heavy atom. The van der Waals surface area contributed by atoms with Crippen molar-refractivity contribution in [3.05, 3.63) is 66.4 Å². The number of pyridine rings is 1. The number of anilines is 1. The minimum atomic E-state index is -0.306. The lowest BCUT2D eigenvalue weighted by atomic mass is 10.0. The van der Waals surface area contributed by atoms with Crippen molar-refractivity contribution < 1.29 is 4.39 Å². The van der Waals surface area contributed by atoms with E-state index in [4.69, 9.17) is 0 Å². The van der Waals surface area contributed by atoms with Gasteiger partial charge in [-0.2, -0.15) is 5.10 Å². The Morgan fingerprint density at radius 3 is 2.55 bits per heavy atom. The van der Waals surface area contributed by atoms with Crippen molar-refractivity contribution in [1.29, 1.82) is 0 Å². The molecule has 0 unspecified atom stereocenters. The van der Waals surface area contributed by atoms with Gasteiger partial charge in [0.25, 0.3) is 0 Å². The molecule has 0 aliphatic carbocycles. The van der Waals surface area contributed by atoms with Crippen molar-refractivity contribution in [1.82, 2.24) is 30.3 Å². The molecule has 7 nitrogen and oxygen atoms in total. The van der Waals surface area contributed by atoms with E-state index in [0.29, 0.717) is 12.6 Å². The molecule has 158 valence electrons. The molecule has 1 N–H and O–H groups in total. The van der Waals surface area contributed by atoms with Gasteiger partial charge in [-0.25, -0.2) is 4.39 Å². The second-order valence-electron chi connectivity index (χ2n) is 7.87. The van der Waals surface area contributed by atoms with Crippen LogP contribution in [0, 0.1) is 5.82 Å². The molecule has 0 amide bonds. The van der Waals surface area contributed by atoms with E-state index >= 15 is 0 Å². The van der Waals surface area contributed by atoms with Crippen LogP contribution in [0.2, 0.25) is 0 Å². The van der Waals surface area contributed by atoms with E-state index in [1.807, 2.05) is 29.9 Å². The van der Waals surface area contributed by atoms with Gasteiger partial charge in [-0.3, -0.25) is 9.67 Å². The minimum Gasteiger partial charge on any atom is -0.354 e. The van der Waals surface area contributed by atoms with Crippen molar-refractivity contribution in [3.8, 4) is 11.4 Å². The average Bonchev–Trinajstić information content (AvgIpc) is 3.24. The predicted molar refractivity (Wildman–Crippen MR) is 118 cm³/mol. The molecule has 4 heterocycles. The van der Waals surface area contributed by atoms with Crippen LogP contribution in [0.25, 0.3) is 22.2 Å². The van der Waals surface area contributed by atoms with Crippen molar-refractivity contribution in [3.63, 3.8) is 0 Å². The third-order valence-electron chi connectivity index (χ3n) is 5.89. The van der Waals surface area contributed by atoms with Gasteiger partial charge in [0, 0.05) is 49.7 Å². The average molecular weight is 417 g/mol. The Bertz CT molecular complexity index is 1180. The molecular formula is C23H24FN7. The van der Waals surface area contributed by atoms with Crippen LogP contribution < -0.4 is 10.2 Å². The van der Waals surface area contributed by atoms with E-state index in [0.717, 1.165) is 59.6 Å². The fourth-order valence-electron chi connectivity index (χ4n) is 4.17. The summed E-state index contributed by atoms with van der Waals surface area (Å²) < 4.78 is 14.8. The first-order valence-corrected chi connectivity index (χ1v) is 10.5. The van der Waals surface area contributed by atoms with Crippen LogP contribution in [-0.2, 0) is 13.6 Å². The van der Waals surface area contributed by atoms with E-state index < -0.39 is 0 Å². The molecular weight excluding hydrogens is 393 g/mol. The monoisotopic (exact) mass is 417 g/mol. The van der Waals surface area contributed by atoms with Crippen LogP contribution in [0.15, 0.2) is 54.9 Å². The molecule has 1 aliphatic heterocycles. The third kappa shape index (κ3) is 3.98. The number of benzene rings is 1. The van der Waals surface area contributed by atoms with Gasteiger partial charge in [-0.05, 0) is 31.0 Å². The zero-order valence-corrected chi connectivity index (χ0v) is 17.4. The zero-order valence-electron chi connectivity index (χ0n) is 17.4. The van der Waals surface area contributed by atoms with Crippen LogP contribution >= 0.6 is 0 Å². The molecule has 8 heteroatoms. The molecule has 1 aliphatic rings. The second kappa shape index (κ2) is 8.39. The Balaban J connectivity index is 1.31. The molecule has 1 fully saturated rings. The number of hydrogen-bond donors (Lipinski definition) is 1. The van der Waals surface area contributed by atoms with E-state index in [2.05, 4.69) is 42.6 Å². The van der Waals surface area contributed by atoms with E-state index in [-0.39, 0.29) is 5.82 Å². The van der Waals surface area contributed by atoms with Crippen LogP contribution in [-0.4, -0.2) is 44.1 Å². The summed E-state index contributed by atoms with van der Waals surface area (Å²) in [5.41, 5.74) is 2.65. The number of aryl methyl sites for hydroxylation is 1. The van der Waals surface area contributed by atoms with Gasteiger partial charge in [0.05, 0.1) is 17.6 Å². The molecule has 0 spiro atoms. The summed E-state index contributed by atoms with van der Waals surface area (Å²) in [5, 5.41) is 19.2. The highest BCUT2D eigenvalue weighted by molar-refractivity contribution is 5.99. The smallest absolute Gasteiger partial charge is 0.159 e. The first-order chi connectivity index (χ1) is 15.2. The van der Waals surface area contributed by atoms with E-state index in [1.165, 1.54) is 12.3 Å². The van der Waals surface area contributed by atoms with E-state index in [1.54, 1.807) is 12.3 Å². The second-order valence-corrected chi connectivity index (χ2v) is 7.87. The quantitative estimate of drug-likeness (QED) is 0.537. The fourth-order valence-corrected chi connectivity index (χ4v) is 4.17. The number of piperidine rings is 1. The lowest BCUT2D eigenvalue weighted by Gasteiger charge is -2.33.